The molecule has 0 atom stereocenters. The van der Waals surface area contributed by atoms with Crippen LogP contribution >= 0.6 is 0 Å². The summed E-state index contributed by atoms with van der Waals surface area (Å²) in [7, 11) is -7.35. The summed E-state index contributed by atoms with van der Waals surface area (Å²) >= 11 is -4.76. The molecule has 0 unspecified atom stereocenters. The lowest BCUT2D eigenvalue weighted by Crippen LogP contribution is -3.85. The first-order valence-electron chi connectivity index (χ1n) is 13.0. The van der Waals surface area contributed by atoms with E-state index in [0.717, 1.165) is 36.4 Å². The van der Waals surface area contributed by atoms with E-state index in [1.807, 2.05) is 0 Å². The van der Waals surface area contributed by atoms with Gasteiger partial charge in [0.05, 0.1) is 21.5 Å². The van der Waals surface area contributed by atoms with Crippen LogP contribution in [0.1, 0.15) is 0 Å². The molecule has 6 aromatic rings. The highest BCUT2D eigenvalue weighted by Crippen LogP contribution is 2.54. The van der Waals surface area contributed by atoms with E-state index in [-0.39, 0.29) is 43.9 Å². The van der Waals surface area contributed by atoms with Crippen LogP contribution in [0.2, 0.25) is 0 Å². The third kappa shape index (κ3) is 5.11. The molecule has 6 rings (SSSR count). The lowest BCUT2D eigenvalue weighted by molar-refractivity contribution is -1.03. The first-order chi connectivity index (χ1) is 22.3. The normalized spacial score (nSPS) is 13.7. The van der Waals surface area contributed by atoms with E-state index >= 15 is 0 Å². The van der Waals surface area contributed by atoms with Gasteiger partial charge in [-0.3, -0.25) is 9.59 Å². The van der Waals surface area contributed by atoms with E-state index in [2.05, 4.69) is 2.51 Å². The summed E-state index contributed by atoms with van der Waals surface area (Å²) in [6.07, 6.45) is -7.29. The SMILES string of the molecule is O=c1c2ccccc2oc2ccc([I+](OS(=O)(=O)C(F)(F)C(F)(F)C(F)(F)C(F)(F)F)c3ccc4oc5ccccc5c(=O)c4c3)cc12. The molecule has 0 aliphatic carbocycles. The fraction of sp³-hybridized carbons (Fsp3) is 0.133. The summed E-state index contributed by atoms with van der Waals surface area (Å²) in [5.74, 6) is -15.1. The average Bonchev–Trinajstić information content (AvgIpc) is 3.03. The molecular formula is C30H14F9IO7S+. The first-order valence-corrected chi connectivity index (χ1v) is 17.5. The van der Waals surface area contributed by atoms with Crippen molar-refractivity contribution in [3.8, 4) is 0 Å². The zero-order valence-corrected chi connectivity index (χ0v) is 26.1. The number of halogens is 10. The summed E-state index contributed by atoms with van der Waals surface area (Å²) in [4.78, 5) is 26.5. The van der Waals surface area contributed by atoms with Gasteiger partial charge < -0.3 is 8.83 Å². The maximum atomic E-state index is 14.8. The minimum Gasteiger partial charge on any atom is -0.456 e. The van der Waals surface area contributed by atoms with Gasteiger partial charge in [-0.15, -0.1) is 0 Å². The predicted octanol–water partition coefficient (Wildman–Crippen LogP) is 4.56. The van der Waals surface area contributed by atoms with E-state index < -0.39 is 71.6 Å². The van der Waals surface area contributed by atoms with E-state index in [9.17, 15) is 57.5 Å². The Kier molecular flexibility index (Phi) is 7.86. The van der Waals surface area contributed by atoms with Gasteiger partial charge in [0.2, 0.25) is 10.9 Å². The zero-order chi connectivity index (χ0) is 35.0. The predicted molar refractivity (Wildman–Crippen MR) is 148 cm³/mol. The van der Waals surface area contributed by atoms with Crippen molar-refractivity contribution in [1.29, 1.82) is 0 Å². The van der Waals surface area contributed by atoms with Crippen molar-refractivity contribution in [2.75, 3.05) is 0 Å². The van der Waals surface area contributed by atoms with E-state index in [1.54, 1.807) is 12.1 Å². The standard InChI is InChI=1S/C30H14F9IO7S/c31-27(32,29(35,36)37)28(33,34)30(38,39)48(43,44)47-40(15-9-11-23-19(13-15)25(41)17-5-1-3-7-21(17)45-23)16-10-12-24-20(14-16)26(42)18-6-2-4-8-22(18)46-24/h1-14H/q+1. The molecule has 0 bridgehead atoms. The molecule has 0 aliphatic rings. The van der Waals surface area contributed by atoms with E-state index in [0.29, 0.717) is 0 Å². The Labute approximate surface area is 268 Å². The fourth-order valence-electron chi connectivity index (χ4n) is 4.60. The maximum Gasteiger partial charge on any atom is 0.460 e. The maximum absolute atomic E-state index is 14.8. The molecule has 2 aromatic heterocycles. The number of para-hydroxylation sites is 2. The Hall–Kier alpha value is -4.17. The highest BCUT2D eigenvalue weighted by molar-refractivity contribution is 7.87. The third-order valence-electron chi connectivity index (χ3n) is 7.05. The van der Waals surface area contributed by atoms with Gasteiger partial charge in [-0.25, -0.2) is 0 Å². The molecule has 0 aliphatic heterocycles. The Morgan fingerprint density at radius 3 is 1.35 bits per heavy atom. The van der Waals surface area contributed by atoms with Crippen molar-refractivity contribution in [1.82, 2.24) is 0 Å². The monoisotopic (exact) mass is 816 g/mol. The molecule has 251 valence electrons. The Morgan fingerprint density at radius 1 is 0.542 bits per heavy atom. The van der Waals surface area contributed by atoms with Gasteiger partial charge in [0.25, 0.3) is 0 Å². The highest BCUT2D eigenvalue weighted by Gasteiger charge is 2.86. The summed E-state index contributed by atoms with van der Waals surface area (Å²) in [5.41, 5.74) is -1.38. The van der Waals surface area contributed by atoms with Gasteiger partial charge in [-0.05, 0) is 51.0 Å². The van der Waals surface area contributed by atoms with Crippen LogP contribution in [0.5, 0.6) is 0 Å². The average molecular weight is 816 g/mol. The van der Waals surface area contributed by atoms with Gasteiger partial charge in [0, 0.05) is 12.1 Å². The molecular weight excluding hydrogens is 802 g/mol. The second-order valence-electron chi connectivity index (χ2n) is 10.1. The molecule has 0 amide bonds. The van der Waals surface area contributed by atoms with E-state index in [1.165, 1.54) is 36.4 Å². The van der Waals surface area contributed by atoms with Gasteiger partial charge in [0.15, 0.2) is 7.14 Å². The van der Waals surface area contributed by atoms with Crippen molar-refractivity contribution in [3.63, 3.8) is 0 Å². The second kappa shape index (κ2) is 11.2. The Morgan fingerprint density at radius 2 is 0.938 bits per heavy atom. The number of hydrogen-bond acceptors (Lipinski definition) is 7. The molecule has 0 saturated heterocycles. The van der Waals surface area contributed by atoms with Crippen LogP contribution < -0.4 is 31.1 Å². The van der Waals surface area contributed by atoms with Crippen molar-refractivity contribution < 1.29 is 79.5 Å². The Bertz CT molecular complexity index is 2360. The Balaban J connectivity index is 1.57. The molecule has 2 heterocycles. The fourth-order valence-corrected chi connectivity index (χ4v) is 11.7. The number of alkyl halides is 9. The van der Waals surface area contributed by atoms with Crippen LogP contribution in [0.4, 0.5) is 39.5 Å². The van der Waals surface area contributed by atoms with Gasteiger partial charge in [0.1, 0.15) is 22.3 Å². The van der Waals surface area contributed by atoms with Crippen LogP contribution in [0.25, 0.3) is 43.9 Å². The molecule has 7 nitrogen and oxygen atoms in total. The summed E-state index contributed by atoms with van der Waals surface area (Å²) in [5, 5.41) is -7.66. The minimum absolute atomic E-state index is 0.0202. The van der Waals surface area contributed by atoms with Crippen LogP contribution in [0, 0.1) is 7.14 Å². The first kappa shape index (κ1) is 33.7. The number of hydrogen-bond donors (Lipinski definition) is 0. The van der Waals surface area contributed by atoms with Gasteiger partial charge >= 0.3 is 53.6 Å². The van der Waals surface area contributed by atoms with Crippen LogP contribution in [-0.4, -0.2) is 31.7 Å². The van der Waals surface area contributed by atoms with Crippen LogP contribution in [-0.2, 0) is 12.6 Å². The molecule has 0 N–H and O–H groups in total. The molecule has 48 heavy (non-hydrogen) atoms. The molecule has 0 spiro atoms. The van der Waals surface area contributed by atoms with E-state index in [4.69, 9.17) is 8.83 Å². The highest BCUT2D eigenvalue weighted by atomic mass is 127. The lowest BCUT2D eigenvalue weighted by Gasteiger charge is -2.31. The van der Waals surface area contributed by atoms with Crippen LogP contribution in [0.15, 0.2) is 103 Å². The van der Waals surface area contributed by atoms with Crippen molar-refractivity contribution in [3.05, 3.63) is 113 Å². The number of rotatable bonds is 7. The zero-order valence-electron chi connectivity index (χ0n) is 23.1. The summed E-state index contributed by atoms with van der Waals surface area (Å²) < 4.78 is 164. The third-order valence-corrected chi connectivity index (χ3v) is 14.3. The second-order valence-corrected chi connectivity index (χ2v) is 16.6. The minimum atomic E-state index is -7.55. The van der Waals surface area contributed by atoms with Gasteiger partial charge in [-0.1, -0.05) is 24.3 Å². The topological polar surface area (TPSA) is 104 Å². The van der Waals surface area contributed by atoms with Crippen molar-refractivity contribution in [2.24, 2.45) is 0 Å². The number of fused-ring (bicyclic) bond motifs is 4. The molecule has 18 heteroatoms. The van der Waals surface area contributed by atoms with Crippen LogP contribution in [0.3, 0.4) is 0 Å². The molecule has 1 radical (unpaired) electrons. The smallest absolute Gasteiger partial charge is 0.456 e. The van der Waals surface area contributed by atoms with Gasteiger partial charge in [-0.2, -0.15) is 47.9 Å². The summed E-state index contributed by atoms with van der Waals surface area (Å²) in [6.45, 7) is 0. The number of benzene rings is 4. The largest absolute Gasteiger partial charge is 0.460 e. The lowest BCUT2D eigenvalue weighted by atomic mass is 10.1. The van der Waals surface area contributed by atoms with Crippen molar-refractivity contribution in [2.45, 2.75) is 23.3 Å². The molecule has 0 fully saturated rings. The quantitative estimate of drug-likeness (QED) is 0.132. The van der Waals surface area contributed by atoms with Crippen molar-refractivity contribution >= 4 is 54.0 Å². The molecule has 0 saturated carbocycles. The molecule has 4 aromatic carbocycles. The summed E-state index contributed by atoms with van der Waals surface area (Å²) in [6, 6.07) is 17.7.